The van der Waals surface area contributed by atoms with Crippen molar-refractivity contribution in [3.05, 3.63) is 53.5 Å². The van der Waals surface area contributed by atoms with Gasteiger partial charge in [0.25, 0.3) is 0 Å². The molecule has 0 saturated carbocycles. The van der Waals surface area contributed by atoms with Gasteiger partial charge in [-0.1, -0.05) is 0 Å². The van der Waals surface area contributed by atoms with E-state index in [1.807, 2.05) is 6.07 Å². The second-order valence-electron chi connectivity index (χ2n) is 4.52. The predicted octanol–water partition coefficient (Wildman–Crippen LogP) is 4.05. The zero-order valence-corrected chi connectivity index (χ0v) is 9.75. The molecule has 1 aromatic heterocycles. The number of benzene rings is 1. The smallest absolute Gasteiger partial charge is 0.160 e. The normalized spacial score (nSPS) is 18.4. The van der Waals surface area contributed by atoms with Crippen molar-refractivity contribution in [3.63, 3.8) is 0 Å². The molecule has 3 rings (SSSR count). The molecule has 1 aliphatic carbocycles. The molecule has 1 unspecified atom stereocenters. The molecule has 2 aromatic rings. The lowest BCUT2D eigenvalue weighted by atomic mass is 9.93. The molecule has 1 aromatic carbocycles. The van der Waals surface area contributed by atoms with Gasteiger partial charge in [0.1, 0.15) is 5.76 Å². The van der Waals surface area contributed by atoms with Crippen LogP contribution in [0.15, 0.2) is 34.9 Å². The summed E-state index contributed by atoms with van der Waals surface area (Å²) in [7, 11) is 0. The molecule has 0 aliphatic heterocycles. The second-order valence-corrected chi connectivity index (χ2v) is 4.52. The number of anilines is 1. The van der Waals surface area contributed by atoms with Crippen LogP contribution in [0.4, 0.5) is 14.5 Å². The first-order valence-electron chi connectivity index (χ1n) is 6.02. The summed E-state index contributed by atoms with van der Waals surface area (Å²) in [6, 6.07) is 5.91. The minimum absolute atomic E-state index is 0.109. The van der Waals surface area contributed by atoms with Crippen LogP contribution < -0.4 is 5.32 Å². The van der Waals surface area contributed by atoms with Crippen LogP contribution >= 0.6 is 0 Å². The third-order valence-corrected chi connectivity index (χ3v) is 3.31. The largest absolute Gasteiger partial charge is 0.469 e. The van der Waals surface area contributed by atoms with E-state index >= 15 is 0 Å². The summed E-state index contributed by atoms with van der Waals surface area (Å²) in [6.07, 6.45) is 4.61. The van der Waals surface area contributed by atoms with E-state index in [2.05, 4.69) is 5.32 Å². The van der Waals surface area contributed by atoms with E-state index < -0.39 is 11.6 Å². The maximum Gasteiger partial charge on any atom is 0.160 e. The standard InChI is InChI=1S/C14H13F2NO/c15-11-5-4-9(8-12(11)16)17-13-2-1-3-14-10(13)6-7-18-14/h4-8,13,17H,1-3H2. The minimum Gasteiger partial charge on any atom is -0.469 e. The summed E-state index contributed by atoms with van der Waals surface area (Å²) >= 11 is 0. The molecule has 0 radical (unpaired) electrons. The fourth-order valence-corrected chi connectivity index (χ4v) is 2.42. The van der Waals surface area contributed by atoms with Crippen LogP contribution in [0.3, 0.4) is 0 Å². The first-order valence-corrected chi connectivity index (χ1v) is 6.02. The van der Waals surface area contributed by atoms with Gasteiger partial charge in [-0.15, -0.1) is 0 Å². The van der Waals surface area contributed by atoms with Crippen molar-refractivity contribution in [2.75, 3.05) is 5.32 Å². The molecule has 2 nitrogen and oxygen atoms in total. The van der Waals surface area contributed by atoms with E-state index in [9.17, 15) is 8.78 Å². The molecule has 94 valence electrons. The van der Waals surface area contributed by atoms with Crippen LogP contribution in [-0.4, -0.2) is 0 Å². The minimum atomic E-state index is -0.830. The molecule has 0 saturated heterocycles. The van der Waals surface area contributed by atoms with Gasteiger partial charge in [-0.2, -0.15) is 0 Å². The van der Waals surface area contributed by atoms with Crippen molar-refractivity contribution in [2.24, 2.45) is 0 Å². The summed E-state index contributed by atoms with van der Waals surface area (Å²) in [5.41, 5.74) is 1.71. The average molecular weight is 249 g/mol. The first kappa shape index (κ1) is 11.3. The quantitative estimate of drug-likeness (QED) is 0.868. The molecule has 1 heterocycles. The van der Waals surface area contributed by atoms with Crippen LogP contribution in [-0.2, 0) is 6.42 Å². The SMILES string of the molecule is Fc1ccc(NC2CCCc3occc32)cc1F. The van der Waals surface area contributed by atoms with Gasteiger partial charge in [-0.3, -0.25) is 0 Å². The second kappa shape index (κ2) is 4.44. The van der Waals surface area contributed by atoms with E-state index in [-0.39, 0.29) is 6.04 Å². The molecule has 1 N–H and O–H groups in total. The van der Waals surface area contributed by atoms with E-state index in [1.165, 1.54) is 6.07 Å². The monoisotopic (exact) mass is 249 g/mol. The Balaban J connectivity index is 1.84. The molecule has 0 fully saturated rings. The summed E-state index contributed by atoms with van der Waals surface area (Å²) in [5, 5.41) is 3.22. The maximum absolute atomic E-state index is 13.1. The lowest BCUT2D eigenvalue weighted by molar-refractivity contribution is 0.461. The third kappa shape index (κ3) is 1.98. The van der Waals surface area contributed by atoms with E-state index in [1.54, 1.807) is 12.3 Å². The number of nitrogens with one attached hydrogen (secondary N) is 1. The Kier molecular flexibility index (Phi) is 2.78. The van der Waals surface area contributed by atoms with E-state index in [0.717, 1.165) is 36.7 Å². The number of hydrogen-bond acceptors (Lipinski definition) is 2. The Morgan fingerprint density at radius 3 is 2.89 bits per heavy atom. The molecule has 0 amide bonds. The fraction of sp³-hybridized carbons (Fsp3) is 0.286. The number of rotatable bonds is 2. The fourth-order valence-electron chi connectivity index (χ4n) is 2.42. The predicted molar refractivity (Wildman–Crippen MR) is 64.4 cm³/mol. The first-order chi connectivity index (χ1) is 8.74. The van der Waals surface area contributed by atoms with Gasteiger partial charge in [0.2, 0.25) is 0 Å². The topological polar surface area (TPSA) is 25.2 Å². The molecular formula is C14H13F2NO. The molecular weight excluding hydrogens is 236 g/mol. The molecule has 18 heavy (non-hydrogen) atoms. The van der Waals surface area contributed by atoms with Gasteiger partial charge in [-0.05, 0) is 31.0 Å². The van der Waals surface area contributed by atoms with Gasteiger partial charge >= 0.3 is 0 Å². The van der Waals surface area contributed by atoms with Crippen molar-refractivity contribution < 1.29 is 13.2 Å². The Hall–Kier alpha value is -1.84. The third-order valence-electron chi connectivity index (χ3n) is 3.31. The Morgan fingerprint density at radius 2 is 2.06 bits per heavy atom. The zero-order valence-electron chi connectivity index (χ0n) is 9.75. The summed E-state index contributed by atoms with van der Waals surface area (Å²) in [5.74, 6) is -0.669. The number of furan rings is 1. The molecule has 1 aliphatic rings. The summed E-state index contributed by atoms with van der Waals surface area (Å²) in [4.78, 5) is 0. The summed E-state index contributed by atoms with van der Waals surface area (Å²) < 4.78 is 31.4. The number of hydrogen-bond donors (Lipinski definition) is 1. The summed E-state index contributed by atoms with van der Waals surface area (Å²) in [6.45, 7) is 0. The highest BCUT2D eigenvalue weighted by molar-refractivity contribution is 5.46. The molecule has 0 spiro atoms. The lowest BCUT2D eigenvalue weighted by Gasteiger charge is -2.23. The Morgan fingerprint density at radius 1 is 1.17 bits per heavy atom. The van der Waals surface area contributed by atoms with Gasteiger partial charge in [0.15, 0.2) is 11.6 Å². The van der Waals surface area contributed by atoms with Crippen LogP contribution in [0.5, 0.6) is 0 Å². The van der Waals surface area contributed by atoms with Crippen LogP contribution in [0.1, 0.15) is 30.2 Å². The van der Waals surface area contributed by atoms with Crippen molar-refractivity contribution in [1.82, 2.24) is 0 Å². The highest BCUT2D eigenvalue weighted by atomic mass is 19.2. The highest BCUT2D eigenvalue weighted by Gasteiger charge is 2.22. The average Bonchev–Trinajstić information content (AvgIpc) is 2.83. The van der Waals surface area contributed by atoms with Crippen LogP contribution in [0.25, 0.3) is 0 Å². The lowest BCUT2D eigenvalue weighted by Crippen LogP contribution is -2.16. The van der Waals surface area contributed by atoms with Crippen molar-refractivity contribution >= 4 is 5.69 Å². The van der Waals surface area contributed by atoms with Gasteiger partial charge in [0.05, 0.1) is 12.3 Å². The molecule has 4 heteroatoms. The van der Waals surface area contributed by atoms with E-state index in [0.29, 0.717) is 5.69 Å². The van der Waals surface area contributed by atoms with Crippen LogP contribution in [0, 0.1) is 11.6 Å². The maximum atomic E-state index is 13.1. The van der Waals surface area contributed by atoms with Gasteiger partial charge in [0, 0.05) is 23.7 Å². The van der Waals surface area contributed by atoms with Gasteiger partial charge < -0.3 is 9.73 Å². The van der Waals surface area contributed by atoms with Crippen molar-refractivity contribution in [2.45, 2.75) is 25.3 Å². The zero-order chi connectivity index (χ0) is 12.5. The highest BCUT2D eigenvalue weighted by Crippen LogP contribution is 2.33. The van der Waals surface area contributed by atoms with Crippen molar-refractivity contribution in [3.8, 4) is 0 Å². The Labute approximate surface area is 104 Å². The number of halogens is 2. The number of aryl methyl sites for hydroxylation is 1. The van der Waals surface area contributed by atoms with Gasteiger partial charge in [-0.25, -0.2) is 8.78 Å². The molecule has 0 bridgehead atoms. The molecule has 1 atom stereocenters. The number of fused-ring (bicyclic) bond motifs is 1. The van der Waals surface area contributed by atoms with Crippen molar-refractivity contribution in [1.29, 1.82) is 0 Å². The van der Waals surface area contributed by atoms with Crippen LogP contribution in [0.2, 0.25) is 0 Å². The Bertz CT molecular complexity index is 565. The van der Waals surface area contributed by atoms with E-state index in [4.69, 9.17) is 4.42 Å².